The number of fused-ring (bicyclic) bond motifs is 1. The van der Waals surface area contributed by atoms with Crippen LogP contribution in [0.1, 0.15) is 24.6 Å². The van der Waals surface area contributed by atoms with Crippen molar-refractivity contribution < 1.29 is 0 Å². The van der Waals surface area contributed by atoms with Crippen LogP contribution in [0.2, 0.25) is 0 Å². The van der Waals surface area contributed by atoms with Crippen LogP contribution in [0.5, 0.6) is 0 Å². The maximum absolute atomic E-state index is 11.9. The maximum Gasteiger partial charge on any atom is 0.305 e. The molecular formula is C19H22N2OS. The molecule has 3 nitrogen and oxygen atoms in total. The van der Waals surface area contributed by atoms with Gasteiger partial charge in [-0.2, -0.15) is 0 Å². The quantitative estimate of drug-likeness (QED) is 0.724. The van der Waals surface area contributed by atoms with E-state index < -0.39 is 0 Å². The summed E-state index contributed by atoms with van der Waals surface area (Å²) in [6.45, 7) is 4.06. The van der Waals surface area contributed by atoms with E-state index in [1.165, 1.54) is 35.0 Å². The number of nitrogens with zero attached hydrogens (tertiary/aromatic N) is 1. The first-order valence-electron chi connectivity index (χ1n) is 8.07. The van der Waals surface area contributed by atoms with Gasteiger partial charge >= 0.3 is 4.87 Å². The Kier molecular flexibility index (Phi) is 4.94. The van der Waals surface area contributed by atoms with Crippen LogP contribution in [0.15, 0.2) is 47.3 Å². The van der Waals surface area contributed by atoms with Crippen molar-refractivity contribution in [2.45, 2.75) is 26.3 Å². The molecule has 2 aromatic carbocycles. The van der Waals surface area contributed by atoms with Crippen molar-refractivity contribution in [2.24, 2.45) is 0 Å². The summed E-state index contributed by atoms with van der Waals surface area (Å²) in [5, 5.41) is 2.41. The van der Waals surface area contributed by atoms with E-state index in [1.54, 1.807) is 0 Å². The predicted octanol–water partition coefficient (Wildman–Crippen LogP) is 4.49. The van der Waals surface area contributed by atoms with Gasteiger partial charge < -0.3 is 9.88 Å². The lowest BCUT2D eigenvalue weighted by Gasteiger charge is -2.15. The zero-order valence-electron chi connectivity index (χ0n) is 13.6. The van der Waals surface area contributed by atoms with Gasteiger partial charge in [0.15, 0.2) is 0 Å². The highest BCUT2D eigenvalue weighted by atomic mass is 32.1. The number of hydrogen-bond donors (Lipinski definition) is 1. The van der Waals surface area contributed by atoms with E-state index in [-0.39, 0.29) is 4.87 Å². The SMILES string of the molecule is CCCCN(C)Cc1sc(=O)[nH]c1-c1ccc2ccccc2c1. The summed E-state index contributed by atoms with van der Waals surface area (Å²) < 4.78 is 0. The molecule has 3 rings (SSSR count). The van der Waals surface area contributed by atoms with Gasteiger partial charge in [-0.15, -0.1) is 0 Å². The van der Waals surface area contributed by atoms with Crippen molar-refractivity contribution >= 4 is 22.1 Å². The number of H-pyrrole nitrogens is 1. The Morgan fingerprint density at radius 1 is 1.13 bits per heavy atom. The summed E-state index contributed by atoms with van der Waals surface area (Å²) in [7, 11) is 2.12. The number of aromatic nitrogens is 1. The first-order valence-corrected chi connectivity index (χ1v) is 8.88. The minimum absolute atomic E-state index is 0.0204. The molecule has 0 atom stereocenters. The lowest BCUT2D eigenvalue weighted by Crippen LogP contribution is -2.18. The molecule has 0 fully saturated rings. The fourth-order valence-corrected chi connectivity index (χ4v) is 3.73. The Labute approximate surface area is 140 Å². The lowest BCUT2D eigenvalue weighted by atomic mass is 10.0. The molecule has 0 aliphatic rings. The summed E-state index contributed by atoms with van der Waals surface area (Å²) in [6.07, 6.45) is 2.37. The fourth-order valence-electron chi connectivity index (χ4n) is 2.80. The second kappa shape index (κ2) is 7.11. The van der Waals surface area contributed by atoms with Crippen molar-refractivity contribution in [2.75, 3.05) is 13.6 Å². The predicted molar refractivity (Wildman–Crippen MR) is 99.1 cm³/mol. The van der Waals surface area contributed by atoms with Gasteiger partial charge in [-0.3, -0.25) is 4.79 Å². The Morgan fingerprint density at radius 2 is 1.91 bits per heavy atom. The zero-order valence-corrected chi connectivity index (χ0v) is 14.5. The second-order valence-electron chi connectivity index (χ2n) is 5.97. The third-order valence-corrected chi connectivity index (χ3v) is 4.93. The fraction of sp³-hybridized carbons (Fsp3) is 0.316. The summed E-state index contributed by atoms with van der Waals surface area (Å²) >= 11 is 1.32. The molecule has 0 amide bonds. The molecule has 0 bridgehead atoms. The number of unbranched alkanes of at least 4 members (excludes halogenated alkanes) is 1. The summed E-state index contributed by atoms with van der Waals surface area (Å²) in [5.41, 5.74) is 2.05. The van der Waals surface area contributed by atoms with E-state index in [0.29, 0.717) is 0 Å². The zero-order chi connectivity index (χ0) is 16.2. The Morgan fingerprint density at radius 3 is 2.70 bits per heavy atom. The minimum atomic E-state index is 0.0204. The second-order valence-corrected chi connectivity index (χ2v) is 7.03. The molecule has 0 aliphatic heterocycles. The molecule has 3 aromatic rings. The van der Waals surface area contributed by atoms with Gasteiger partial charge in [0.2, 0.25) is 0 Å². The Hall–Kier alpha value is -1.91. The van der Waals surface area contributed by atoms with Gasteiger partial charge in [-0.25, -0.2) is 0 Å². The summed E-state index contributed by atoms with van der Waals surface area (Å²) in [5.74, 6) is 0. The van der Waals surface area contributed by atoms with Crippen molar-refractivity contribution in [3.63, 3.8) is 0 Å². The highest BCUT2D eigenvalue weighted by molar-refractivity contribution is 7.09. The van der Waals surface area contributed by atoms with E-state index in [1.807, 2.05) is 12.1 Å². The van der Waals surface area contributed by atoms with Gasteiger partial charge in [-0.05, 0) is 42.4 Å². The molecule has 0 aliphatic carbocycles. The lowest BCUT2D eigenvalue weighted by molar-refractivity contribution is 0.324. The number of rotatable bonds is 6. The van der Waals surface area contributed by atoms with Gasteiger partial charge in [0.25, 0.3) is 0 Å². The number of thiazole rings is 1. The summed E-state index contributed by atoms with van der Waals surface area (Å²) in [6, 6.07) is 14.7. The van der Waals surface area contributed by atoms with Crippen molar-refractivity contribution in [3.05, 3.63) is 57.0 Å². The number of nitrogens with one attached hydrogen (secondary N) is 1. The van der Waals surface area contributed by atoms with E-state index in [0.717, 1.165) is 29.2 Å². The third-order valence-electron chi connectivity index (χ3n) is 4.07. The highest BCUT2D eigenvalue weighted by Crippen LogP contribution is 2.27. The number of hydrogen-bond acceptors (Lipinski definition) is 3. The molecule has 23 heavy (non-hydrogen) atoms. The molecule has 0 saturated heterocycles. The molecule has 1 aromatic heterocycles. The largest absolute Gasteiger partial charge is 0.312 e. The van der Waals surface area contributed by atoms with Crippen LogP contribution in [0, 0.1) is 0 Å². The molecular weight excluding hydrogens is 304 g/mol. The normalized spacial score (nSPS) is 11.4. The Bertz CT molecular complexity index is 850. The molecule has 0 saturated carbocycles. The van der Waals surface area contributed by atoms with Crippen molar-refractivity contribution in [1.82, 2.24) is 9.88 Å². The molecule has 0 radical (unpaired) electrons. The van der Waals surface area contributed by atoms with Crippen molar-refractivity contribution in [3.8, 4) is 11.3 Å². The van der Waals surface area contributed by atoms with E-state index >= 15 is 0 Å². The average molecular weight is 326 g/mol. The molecule has 1 N–H and O–H groups in total. The van der Waals surface area contributed by atoms with Crippen LogP contribution in [-0.2, 0) is 6.54 Å². The topological polar surface area (TPSA) is 36.1 Å². The monoisotopic (exact) mass is 326 g/mol. The van der Waals surface area contributed by atoms with Crippen LogP contribution >= 0.6 is 11.3 Å². The van der Waals surface area contributed by atoms with Gasteiger partial charge in [0.05, 0.1) is 5.69 Å². The van der Waals surface area contributed by atoms with Crippen LogP contribution < -0.4 is 4.87 Å². The molecule has 4 heteroatoms. The van der Waals surface area contributed by atoms with Gasteiger partial charge in [0, 0.05) is 11.4 Å². The van der Waals surface area contributed by atoms with Crippen LogP contribution in [0.3, 0.4) is 0 Å². The first-order chi connectivity index (χ1) is 11.2. The van der Waals surface area contributed by atoms with Crippen LogP contribution in [0.25, 0.3) is 22.0 Å². The molecule has 0 spiro atoms. The van der Waals surface area contributed by atoms with E-state index in [2.05, 4.69) is 54.2 Å². The van der Waals surface area contributed by atoms with Crippen LogP contribution in [0.4, 0.5) is 0 Å². The minimum Gasteiger partial charge on any atom is -0.312 e. The number of aromatic amines is 1. The van der Waals surface area contributed by atoms with Crippen molar-refractivity contribution in [1.29, 1.82) is 0 Å². The summed E-state index contributed by atoms with van der Waals surface area (Å²) in [4.78, 5) is 18.3. The first kappa shape index (κ1) is 16.0. The average Bonchev–Trinajstić information content (AvgIpc) is 2.92. The highest BCUT2D eigenvalue weighted by Gasteiger charge is 2.12. The maximum atomic E-state index is 11.9. The third kappa shape index (κ3) is 3.71. The van der Waals surface area contributed by atoms with Crippen LogP contribution in [-0.4, -0.2) is 23.5 Å². The molecule has 0 unspecified atom stereocenters. The van der Waals surface area contributed by atoms with E-state index in [4.69, 9.17) is 0 Å². The Balaban J connectivity index is 1.93. The molecule has 1 heterocycles. The van der Waals surface area contributed by atoms with Gasteiger partial charge in [0.1, 0.15) is 0 Å². The smallest absolute Gasteiger partial charge is 0.305 e. The van der Waals surface area contributed by atoms with Gasteiger partial charge in [-0.1, -0.05) is 61.1 Å². The number of benzene rings is 2. The molecule has 120 valence electrons. The standard InChI is InChI=1S/C19H22N2OS/c1-3-4-11-21(2)13-17-18(20-19(22)23-17)16-10-9-14-7-5-6-8-15(14)12-16/h5-10,12H,3-4,11,13H2,1-2H3,(H,20,22). The van der Waals surface area contributed by atoms with E-state index in [9.17, 15) is 4.79 Å².